The normalized spacial score (nSPS) is 10.0. The maximum Gasteiger partial charge on any atom is 0.123 e. The van der Waals surface area contributed by atoms with Crippen LogP contribution < -0.4 is 9.47 Å². The SMILES string of the molecule is COc1cc(OC)cc(-c2ccc(O)cc2)c1. The second-order valence-electron chi connectivity index (χ2n) is 3.65. The summed E-state index contributed by atoms with van der Waals surface area (Å²) in [6.45, 7) is 0. The molecule has 0 aliphatic rings. The van der Waals surface area contributed by atoms with Gasteiger partial charge in [0.2, 0.25) is 0 Å². The number of benzene rings is 2. The van der Waals surface area contributed by atoms with Crippen LogP contribution in [0.4, 0.5) is 0 Å². The van der Waals surface area contributed by atoms with Gasteiger partial charge in [0.15, 0.2) is 0 Å². The summed E-state index contributed by atoms with van der Waals surface area (Å²) in [5, 5.41) is 9.26. The first-order valence-electron chi connectivity index (χ1n) is 5.25. The summed E-state index contributed by atoms with van der Waals surface area (Å²) in [4.78, 5) is 0. The zero-order valence-corrected chi connectivity index (χ0v) is 9.81. The van der Waals surface area contributed by atoms with Gasteiger partial charge in [-0.3, -0.25) is 0 Å². The summed E-state index contributed by atoms with van der Waals surface area (Å²) in [5.74, 6) is 1.74. The summed E-state index contributed by atoms with van der Waals surface area (Å²) in [6, 6.07) is 12.7. The second kappa shape index (κ2) is 4.78. The summed E-state index contributed by atoms with van der Waals surface area (Å²) in [5.41, 5.74) is 1.99. The van der Waals surface area contributed by atoms with Crippen LogP contribution in [0.2, 0.25) is 0 Å². The number of phenols is 1. The van der Waals surface area contributed by atoms with Crippen LogP contribution in [0.5, 0.6) is 17.2 Å². The Morgan fingerprint density at radius 3 is 1.76 bits per heavy atom. The van der Waals surface area contributed by atoms with E-state index in [1.807, 2.05) is 30.3 Å². The fourth-order valence-electron chi connectivity index (χ4n) is 1.63. The highest BCUT2D eigenvalue weighted by Crippen LogP contribution is 2.30. The first-order chi connectivity index (χ1) is 8.22. The molecule has 0 saturated carbocycles. The van der Waals surface area contributed by atoms with Crippen LogP contribution in [-0.4, -0.2) is 19.3 Å². The lowest BCUT2D eigenvalue weighted by atomic mass is 10.0. The lowest BCUT2D eigenvalue weighted by Crippen LogP contribution is -1.88. The highest BCUT2D eigenvalue weighted by atomic mass is 16.5. The molecule has 0 spiro atoms. The average Bonchev–Trinajstić information content (AvgIpc) is 2.39. The first kappa shape index (κ1) is 11.3. The molecule has 3 heteroatoms. The second-order valence-corrected chi connectivity index (χ2v) is 3.65. The molecule has 0 saturated heterocycles. The third-order valence-electron chi connectivity index (χ3n) is 2.55. The Bertz CT molecular complexity index is 481. The minimum Gasteiger partial charge on any atom is -0.508 e. The van der Waals surface area contributed by atoms with Gasteiger partial charge in [-0.2, -0.15) is 0 Å². The molecule has 0 aromatic heterocycles. The van der Waals surface area contributed by atoms with Crippen LogP contribution in [0.25, 0.3) is 11.1 Å². The summed E-state index contributed by atoms with van der Waals surface area (Å²) in [6.07, 6.45) is 0. The molecule has 0 unspecified atom stereocenters. The molecule has 0 heterocycles. The highest BCUT2D eigenvalue weighted by molar-refractivity contribution is 5.67. The van der Waals surface area contributed by atoms with E-state index in [0.717, 1.165) is 22.6 Å². The van der Waals surface area contributed by atoms with Crippen molar-refractivity contribution < 1.29 is 14.6 Å². The summed E-state index contributed by atoms with van der Waals surface area (Å²) >= 11 is 0. The van der Waals surface area contributed by atoms with E-state index in [1.54, 1.807) is 26.4 Å². The van der Waals surface area contributed by atoms with E-state index in [2.05, 4.69) is 0 Å². The van der Waals surface area contributed by atoms with Gasteiger partial charge >= 0.3 is 0 Å². The topological polar surface area (TPSA) is 38.7 Å². The molecule has 2 rings (SSSR count). The monoisotopic (exact) mass is 230 g/mol. The molecular weight excluding hydrogens is 216 g/mol. The molecule has 1 N–H and O–H groups in total. The van der Waals surface area contributed by atoms with Crippen LogP contribution >= 0.6 is 0 Å². The molecule has 88 valence electrons. The van der Waals surface area contributed by atoms with E-state index in [9.17, 15) is 5.11 Å². The fraction of sp³-hybridized carbons (Fsp3) is 0.143. The molecule has 0 aliphatic heterocycles. The molecule has 0 amide bonds. The first-order valence-corrected chi connectivity index (χ1v) is 5.25. The zero-order valence-electron chi connectivity index (χ0n) is 9.81. The lowest BCUT2D eigenvalue weighted by molar-refractivity contribution is 0.394. The number of hydrogen-bond acceptors (Lipinski definition) is 3. The maximum absolute atomic E-state index is 9.26. The minimum absolute atomic E-state index is 0.253. The van der Waals surface area contributed by atoms with Crippen LogP contribution in [0.3, 0.4) is 0 Å². The van der Waals surface area contributed by atoms with Gasteiger partial charge in [0.05, 0.1) is 14.2 Å². The molecule has 0 radical (unpaired) electrons. The van der Waals surface area contributed by atoms with Gasteiger partial charge < -0.3 is 14.6 Å². The van der Waals surface area contributed by atoms with Crippen LogP contribution in [0.15, 0.2) is 42.5 Å². The predicted molar refractivity (Wildman–Crippen MR) is 66.6 cm³/mol. The van der Waals surface area contributed by atoms with Crippen molar-refractivity contribution in [3.05, 3.63) is 42.5 Å². The molecule has 0 atom stereocenters. The van der Waals surface area contributed by atoms with Crippen molar-refractivity contribution in [2.45, 2.75) is 0 Å². The molecule has 0 bridgehead atoms. The predicted octanol–water partition coefficient (Wildman–Crippen LogP) is 3.08. The minimum atomic E-state index is 0.253. The molecule has 2 aromatic carbocycles. The Hall–Kier alpha value is -2.16. The smallest absolute Gasteiger partial charge is 0.123 e. The van der Waals surface area contributed by atoms with Crippen molar-refractivity contribution in [1.29, 1.82) is 0 Å². The van der Waals surface area contributed by atoms with E-state index in [4.69, 9.17) is 9.47 Å². The van der Waals surface area contributed by atoms with E-state index in [0.29, 0.717) is 0 Å². The van der Waals surface area contributed by atoms with E-state index < -0.39 is 0 Å². The van der Waals surface area contributed by atoms with E-state index >= 15 is 0 Å². The van der Waals surface area contributed by atoms with Gasteiger partial charge in [-0.1, -0.05) is 12.1 Å². The number of phenolic OH excluding ortho intramolecular Hbond substituents is 1. The van der Waals surface area contributed by atoms with Crippen molar-refractivity contribution in [2.75, 3.05) is 14.2 Å². The van der Waals surface area contributed by atoms with Crippen LogP contribution in [0.1, 0.15) is 0 Å². The van der Waals surface area contributed by atoms with Gasteiger partial charge in [-0.05, 0) is 35.4 Å². The van der Waals surface area contributed by atoms with Crippen LogP contribution in [-0.2, 0) is 0 Å². The number of ether oxygens (including phenoxy) is 2. The Morgan fingerprint density at radius 1 is 0.765 bits per heavy atom. The molecule has 0 aliphatic carbocycles. The number of methoxy groups -OCH3 is 2. The third-order valence-corrected chi connectivity index (χ3v) is 2.55. The average molecular weight is 230 g/mol. The van der Waals surface area contributed by atoms with Crippen molar-refractivity contribution in [3.63, 3.8) is 0 Å². The quantitative estimate of drug-likeness (QED) is 0.880. The standard InChI is InChI=1S/C14H14O3/c1-16-13-7-11(8-14(9-13)17-2)10-3-5-12(15)6-4-10/h3-9,15H,1-2H3. The van der Waals surface area contributed by atoms with Crippen molar-refractivity contribution in [2.24, 2.45) is 0 Å². The third kappa shape index (κ3) is 2.50. The molecule has 0 fully saturated rings. The van der Waals surface area contributed by atoms with Gasteiger partial charge in [0.1, 0.15) is 17.2 Å². The Labute approximate surface area is 100 Å². The molecule has 2 aromatic rings. The van der Waals surface area contributed by atoms with E-state index in [1.165, 1.54) is 0 Å². The zero-order chi connectivity index (χ0) is 12.3. The van der Waals surface area contributed by atoms with Gasteiger partial charge in [0, 0.05) is 6.07 Å². The summed E-state index contributed by atoms with van der Waals surface area (Å²) < 4.78 is 10.4. The van der Waals surface area contributed by atoms with Crippen LogP contribution in [0, 0.1) is 0 Å². The Balaban J connectivity index is 2.46. The molecule has 3 nitrogen and oxygen atoms in total. The van der Waals surface area contributed by atoms with Gasteiger partial charge in [-0.25, -0.2) is 0 Å². The number of rotatable bonds is 3. The van der Waals surface area contributed by atoms with Crippen molar-refractivity contribution in [3.8, 4) is 28.4 Å². The van der Waals surface area contributed by atoms with E-state index in [-0.39, 0.29) is 5.75 Å². The molecular formula is C14H14O3. The van der Waals surface area contributed by atoms with Gasteiger partial charge in [0.25, 0.3) is 0 Å². The molecule has 17 heavy (non-hydrogen) atoms. The lowest BCUT2D eigenvalue weighted by Gasteiger charge is -2.08. The Morgan fingerprint density at radius 2 is 1.29 bits per heavy atom. The van der Waals surface area contributed by atoms with Crippen molar-refractivity contribution >= 4 is 0 Å². The number of hydrogen-bond donors (Lipinski definition) is 1. The number of aromatic hydroxyl groups is 1. The highest BCUT2D eigenvalue weighted by Gasteiger charge is 2.04. The van der Waals surface area contributed by atoms with Crippen molar-refractivity contribution in [1.82, 2.24) is 0 Å². The fourth-order valence-corrected chi connectivity index (χ4v) is 1.63. The summed E-state index contributed by atoms with van der Waals surface area (Å²) in [7, 11) is 3.24. The van der Waals surface area contributed by atoms with Gasteiger partial charge in [-0.15, -0.1) is 0 Å². The Kier molecular flexibility index (Phi) is 3.19. The largest absolute Gasteiger partial charge is 0.508 e. The maximum atomic E-state index is 9.26.